The highest BCUT2D eigenvalue weighted by Gasteiger charge is 2.12. The SMILES string of the molecule is Nc1cccc(-c2nc3cc4sc(-c5cccc(N)c5)nc4cc3s2)c1. The Labute approximate surface area is 157 Å². The van der Waals surface area contributed by atoms with Gasteiger partial charge >= 0.3 is 0 Å². The average Bonchev–Trinajstić information content (AvgIpc) is 3.22. The third-order valence-corrected chi connectivity index (χ3v) is 6.30. The molecule has 4 N–H and O–H groups in total. The molecule has 6 heteroatoms. The summed E-state index contributed by atoms with van der Waals surface area (Å²) < 4.78 is 2.25. The van der Waals surface area contributed by atoms with Gasteiger partial charge in [-0.2, -0.15) is 0 Å². The zero-order chi connectivity index (χ0) is 17.7. The molecule has 0 spiro atoms. The average molecular weight is 374 g/mol. The monoisotopic (exact) mass is 374 g/mol. The van der Waals surface area contributed by atoms with Crippen LogP contribution in [-0.4, -0.2) is 9.97 Å². The predicted octanol–water partition coefficient (Wildman–Crippen LogP) is 5.40. The molecule has 126 valence electrons. The Hall–Kier alpha value is -2.96. The van der Waals surface area contributed by atoms with Gasteiger partial charge in [-0.15, -0.1) is 22.7 Å². The molecule has 0 aliphatic rings. The number of rotatable bonds is 2. The van der Waals surface area contributed by atoms with E-state index in [2.05, 4.69) is 12.1 Å². The lowest BCUT2D eigenvalue weighted by atomic mass is 10.2. The van der Waals surface area contributed by atoms with Gasteiger partial charge in [0.15, 0.2) is 0 Å². The van der Waals surface area contributed by atoms with Crippen LogP contribution >= 0.6 is 22.7 Å². The molecule has 0 atom stereocenters. The Morgan fingerprint density at radius 3 is 1.50 bits per heavy atom. The fraction of sp³-hybridized carbons (Fsp3) is 0. The van der Waals surface area contributed by atoms with E-state index in [0.29, 0.717) is 0 Å². The first-order valence-corrected chi connectivity index (χ1v) is 9.72. The molecule has 0 amide bonds. The molecule has 0 unspecified atom stereocenters. The Morgan fingerprint density at radius 1 is 0.615 bits per heavy atom. The van der Waals surface area contributed by atoms with Crippen molar-refractivity contribution < 1.29 is 0 Å². The molecule has 4 nitrogen and oxygen atoms in total. The lowest BCUT2D eigenvalue weighted by Crippen LogP contribution is -1.84. The molecule has 0 aliphatic carbocycles. The van der Waals surface area contributed by atoms with Gasteiger partial charge in [-0.25, -0.2) is 9.97 Å². The quantitative estimate of drug-likeness (QED) is 0.405. The van der Waals surface area contributed by atoms with E-state index >= 15 is 0 Å². The van der Waals surface area contributed by atoms with Gasteiger partial charge in [-0.3, -0.25) is 0 Å². The standard InChI is InChI=1S/C20H14N4S2/c21-13-5-1-3-11(7-13)19-23-15-9-18-16(10-17(15)25-19)24-20(26-18)12-4-2-6-14(22)8-12/h1-10H,21-22H2. The number of hydrogen-bond acceptors (Lipinski definition) is 6. The normalized spacial score (nSPS) is 11.4. The minimum Gasteiger partial charge on any atom is -0.399 e. The van der Waals surface area contributed by atoms with E-state index in [1.165, 1.54) is 0 Å². The van der Waals surface area contributed by atoms with Gasteiger partial charge in [0.25, 0.3) is 0 Å². The molecular weight excluding hydrogens is 360 g/mol. The van der Waals surface area contributed by atoms with Crippen LogP contribution in [0.1, 0.15) is 0 Å². The molecular formula is C20H14N4S2. The van der Waals surface area contributed by atoms with E-state index in [9.17, 15) is 0 Å². The molecule has 5 rings (SSSR count). The fourth-order valence-electron chi connectivity index (χ4n) is 2.94. The van der Waals surface area contributed by atoms with Gasteiger partial charge in [0.2, 0.25) is 0 Å². The molecule has 0 fully saturated rings. The van der Waals surface area contributed by atoms with Crippen LogP contribution < -0.4 is 11.5 Å². The third-order valence-electron chi connectivity index (χ3n) is 4.16. The summed E-state index contributed by atoms with van der Waals surface area (Å²) in [5.41, 5.74) is 17.4. The third kappa shape index (κ3) is 2.60. The number of nitrogens with zero attached hydrogens (tertiary/aromatic N) is 2. The van der Waals surface area contributed by atoms with Crippen LogP contribution in [0.25, 0.3) is 41.6 Å². The van der Waals surface area contributed by atoms with Gasteiger partial charge in [0.1, 0.15) is 10.0 Å². The second-order valence-corrected chi connectivity index (χ2v) is 8.14. The van der Waals surface area contributed by atoms with Crippen LogP contribution in [0.3, 0.4) is 0 Å². The first-order chi connectivity index (χ1) is 12.7. The van der Waals surface area contributed by atoms with Gasteiger partial charge in [-0.1, -0.05) is 24.3 Å². The van der Waals surface area contributed by atoms with Crippen molar-refractivity contribution in [2.45, 2.75) is 0 Å². The maximum atomic E-state index is 5.90. The van der Waals surface area contributed by atoms with E-state index in [0.717, 1.165) is 53.0 Å². The lowest BCUT2D eigenvalue weighted by Gasteiger charge is -1.96. The van der Waals surface area contributed by atoms with Crippen molar-refractivity contribution in [1.82, 2.24) is 9.97 Å². The molecule has 3 aromatic carbocycles. The minimum absolute atomic E-state index is 0.746. The van der Waals surface area contributed by atoms with E-state index in [1.807, 2.05) is 48.5 Å². The molecule has 2 heterocycles. The van der Waals surface area contributed by atoms with E-state index < -0.39 is 0 Å². The van der Waals surface area contributed by atoms with Crippen LogP contribution in [0.15, 0.2) is 60.7 Å². The topological polar surface area (TPSA) is 77.8 Å². The summed E-state index contributed by atoms with van der Waals surface area (Å²) in [7, 11) is 0. The number of nitrogens with two attached hydrogens (primary N) is 2. The van der Waals surface area contributed by atoms with Crippen molar-refractivity contribution in [2.24, 2.45) is 0 Å². The van der Waals surface area contributed by atoms with E-state index in [-0.39, 0.29) is 0 Å². The van der Waals surface area contributed by atoms with Gasteiger partial charge in [-0.05, 0) is 36.4 Å². The van der Waals surface area contributed by atoms with E-state index in [1.54, 1.807) is 22.7 Å². The summed E-state index contributed by atoms with van der Waals surface area (Å²) in [5.74, 6) is 0. The fourth-order valence-corrected chi connectivity index (χ4v) is 4.89. The first kappa shape index (κ1) is 15.3. The van der Waals surface area contributed by atoms with Crippen LogP contribution in [-0.2, 0) is 0 Å². The molecule has 0 saturated carbocycles. The van der Waals surface area contributed by atoms with Crippen molar-refractivity contribution in [3.8, 4) is 21.1 Å². The van der Waals surface area contributed by atoms with E-state index in [4.69, 9.17) is 21.4 Å². The predicted molar refractivity (Wildman–Crippen MR) is 112 cm³/mol. The summed E-state index contributed by atoms with van der Waals surface area (Å²) in [6.45, 7) is 0. The Morgan fingerprint density at radius 2 is 1.08 bits per heavy atom. The second kappa shape index (κ2) is 5.79. The smallest absolute Gasteiger partial charge is 0.124 e. The Bertz CT molecular complexity index is 1120. The highest BCUT2D eigenvalue weighted by molar-refractivity contribution is 7.23. The Kier molecular flexibility index (Phi) is 3.41. The summed E-state index contributed by atoms with van der Waals surface area (Å²) in [6, 6.07) is 19.9. The molecule has 0 aliphatic heterocycles. The minimum atomic E-state index is 0.746. The van der Waals surface area contributed by atoms with Crippen LogP contribution in [0.4, 0.5) is 11.4 Å². The van der Waals surface area contributed by atoms with Gasteiger partial charge in [0.05, 0.1) is 20.4 Å². The maximum absolute atomic E-state index is 5.90. The number of aromatic nitrogens is 2. The molecule has 2 aromatic heterocycles. The second-order valence-electron chi connectivity index (χ2n) is 6.08. The number of anilines is 2. The molecule has 0 bridgehead atoms. The highest BCUT2D eigenvalue weighted by Crippen LogP contribution is 2.37. The largest absolute Gasteiger partial charge is 0.399 e. The van der Waals surface area contributed by atoms with Gasteiger partial charge < -0.3 is 11.5 Å². The summed E-state index contributed by atoms with van der Waals surface area (Å²) >= 11 is 3.32. The number of fused-ring (bicyclic) bond motifs is 2. The Balaban J connectivity index is 1.63. The van der Waals surface area contributed by atoms with Crippen molar-refractivity contribution in [2.75, 3.05) is 11.5 Å². The number of hydrogen-bond donors (Lipinski definition) is 2. The summed E-state index contributed by atoms with van der Waals surface area (Å²) in [4.78, 5) is 9.58. The van der Waals surface area contributed by atoms with Crippen LogP contribution in [0.2, 0.25) is 0 Å². The zero-order valence-corrected chi connectivity index (χ0v) is 15.3. The number of benzene rings is 3. The number of nitrogen functional groups attached to an aromatic ring is 2. The molecule has 0 saturated heterocycles. The van der Waals surface area contributed by atoms with Crippen molar-refractivity contribution >= 4 is 54.5 Å². The molecule has 5 aromatic rings. The van der Waals surface area contributed by atoms with Crippen molar-refractivity contribution in [3.63, 3.8) is 0 Å². The maximum Gasteiger partial charge on any atom is 0.124 e. The molecule has 0 radical (unpaired) electrons. The zero-order valence-electron chi connectivity index (χ0n) is 13.6. The highest BCUT2D eigenvalue weighted by atomic mass is 32.1. The lowest BCUT2D eigenvalue weighted by molar-refractivity contribution is 1.47. The summed E-state index contributed by atoms with van der Waals surface area (Å²) in [5, 5.41) is 1.95. The number of thiazole rings is 2. The first-order valence-electron chi connectivity index (χ1n) is 8.09. The van der Waals surface area contributed by atoms with Crippen molar-refractivity contribution in [3.05, 3.63) is 60.7 Å². The van der Waals surface area contributed by atoms with Crippen molar-refractivity contribution in [1.29, 1.82) is 0 Å². The van der Waals surface area contributed by atoms with Gasteiger partial charge in [0, 0.05) is 22.5 Å². The van der Waals surface area contributed by atoms with Crippen LogP contribution in [0.5, 0.6) is 0 Å². The summed E-state index contributed by atoms with van der Waals surface area (Å²) in [6.07, 6.45) is 0. The molecule has 26 heavy (non-hydrogen) atoms. The van der Waals surface area contributed by atoms with Crippen LogP contribution in [0, 0.1) is 0 Å².